The van der Waals surface area contributed by atoms with Crippen LogP contribution in [0.1, 0.15) is 5.56 Å². The molecule has 0 saturated heterocycles. The van der Waals surface area contributed by atoms with Gasteiger partial charge in [0, 0.05) is 6.07 Å². The molecular formula is C28H27BrNO5P. The maximum absolute atomic E-state index is 12.2. The molecule has 0 radical (unpaired) electrons. The molecule has 0 N–H and O–H groups in total. The van der Waals surface area contributed by atoms with Crippen LogP contribution in [0.25, 0.3) is 0 Å². The van der Waals surface area contributed by atoms with Crippen molar-refractivity contribution < 1.29 is 36.1 Å². The van der Waals surface area contributed by atoms with Crippen molar-refractivity contribution in [2.45, 2.75) is 6.16 Å². The SMILES string of the molecule is COc1cc(C[P+](c2ccccc2)(c2ccccc2)c2ccccc2[N+](=O)[O-])cc(OC)c1OC.[Br-]. The van der Waals surface area contributed by atoms with E-state index in [0.717, 1.165) is 21.5 Å². The first kappa shape index (κ1) is 27.2. The number of hydrogen-bond donors (Lipinski definition) is 0. The van der Waals surface area contributed by atoms with Gasteiger partial charge in [-0.3, -0.25) is 10.1 Å². The fraction of sp³-hybridized carbons (Fsp3) is 0.143. The van der Waals surface area contributed by atoms with Crippen molar-refractivity contribution in [2.75, 3.05) is 21.3 Å². The maximum atomic E-state index is 12.2. The molecule has 0 amide bonds. The van der Waals surface area contributed by atoms with Crippen molar-refractivity contribution in [3.8, 4) is 17.2 Å². The van der Waals surface area contributed by atoms with Crippen LogP contribution in [0.15, 0.2) is 97.1 Å². The van der Waals surface area contributed by atoms with Gasteiger partial charge in [-0.05, 0) is 48.0 Å². The Morgan fingerprint density at radius 3 is 1.64 bits per heavy atom. The van der Waals surface area contributed by atoms with Gasteiger partial charge in [-0.2, -0.15) is 0 Å². The van der Waals surface area contributed by atoms with Crippen LogP contribution in [-0.2, 0) is 6.16 Å². The van der Waals surface area contributed by atoms with Gasteiger partial charge < -0.3 is 31.2 Å². The molecule has 4 aromatic rings. The van der Waals surface area contributed by atoms with E-state index < -0.39 is 7.26 Å². The highest BCUT2D eigenvalue weighted by molar-refractivity contribution is 7.95. The first-order chi connectivity index (χ1) is 17.0. The lowest BCUT2D eigenvalue weighted by atomic mass is 10.2. The summed E-state index contributed by atoms with van der Waals surface area (Å²) < 4.78 is 16.7. The summed E-state index contributed by atoms with van der Waals surface area (Å²) >= 11 is 0. The molecule has 4 rings (SSSR count). The zero-order valence-electron chi connectivity index (χ0n) is 20.3. The van der Waals surface area contributed by atoms with Crippen molar-refractivity contribution in [2.24, 2.45) is 0 Å². The molecule has 6 nitrogen and oxygen atoms in total. The summed E-state index contributed by atoms with van der Waals surface area (Å²) in [6.45, 7) is 0. The second-order valence-electron chi connectivity index (χ2n) is 7.92. The Bertz CT molecular complexity index is 1250. The molecule has 4 aromatic carbocycles. The number of nitro benzene ring substituents is 1. The van der Waals surface area contributed by atoms with Crippen LogP contribution < -0.4 is 47.1 Å². The Kier molecular flexibility index (Phi) is 9.08. The topological polar surface area (TPSA) is 70.8 Å². The second-order valence-corrected chi connectivity index (χ2v) is 11.4. The molecular weight excluding hydrogens is 541 g/mol. The number of methoxy groups -OCH3 is 3. The quantitative estimate of drug-likeness (QED) is 0.176. The number of nitro groups is 1. The van der Waals surface area contributed by atoms with E-state index in [-0.39, 0.29) is 27.6 Å². The van der Waals surface area contributed by atoms with E-state index in [1.165, 1.54) is 0 Å². The van der Waals surface area contributed by atoms with Crippen molar-refractivity contribution >= 4 is 28.9 Å². The first-order valence-corrected chi connectivity index (χ1v) is 13.0. The smallest absolute Gasteiger partial charge is 0.311 e. The molecule has 0 spiro atoms. The number of halogens is 1. The number of para-hydroxylation sites is 1. The van der Waals surface area contributed by atoms with Gasteiger partial charge in [0.25, 0.3) is 0 Å². The van der Waals surface area contributed by atoms with E-state index in [0.29, 0.717) is 23.4 Å². The van der Waals surface area contributed by atoms with E-state index in [1.807, 2.05) is 60.7 Å². The van der Waals surface area contributed by atoms with Crippen LogP contribution in [0.4, 0.5) is 5.69 Å². The highest BCUT2D eigenvalue weighted by Crippen LogP contribution is 2.60. The predicted molar refractivity (Wildman–Crippen MR) is 142 cm³/mol. The van der Waals surface area contributed by atoms with E-state index in [9.17, 15) is 10.1 Å². The summed E-state index contributed by atoms with van der Waals surface area (Å²) in [6.07, 6.45) is 0.530. The van der Waals surface area contributed by atoms with Gasteiger partial charge in [-0.15, -0.1) is 0 Å². The van der Waals surface area contributed by atoms with Gasteiger partial charge in [0.05, 0.1) is 32.4 Å². The lowest BCUT2D eigenvalue weighted by molar-refractivity contribution is -0.383. The molecule has 0 unspecified atom stereocenters. The molecule has 0 bridgehead atoms. The molecule has 0 aliphatic carbocycles. The number of benzene rings is 4. The van der Waals surface area contributed by atoms with Crippen LogP contribution >= 0.6 is 7.26 Å². The highest BCUT2D eigenvalue weighted by atomic mass is 79.9. The Balaban J connectivity index is 0.00000361. The third-order valence-corrected chi connectivity index (χ3v) is 10.4. The molecule has 0 aliphatic rings. The molecule has 0 atom stereocenters. The summed E-state index contributed by atoms with van der Waals surface area (Å²) in [6, 6.07) is 31.0. The Morgan fingerprint density at radius 2 is 1.19 bits per heavy atom. The van der Waals surface area contributed by atoms with Gasteiger partial charge >= 0.3 is 5.69 Å². The molecule has 0 aromatic heterocycles. The average Bonchev–Trinajstić information content (AvgIpc) is 2.92. The second kappa shape index (κ2) is 12.0. The van der Waals surface area contributed by atoms with E-state index >= 15 is 0 Å². The van der Waals surface area contributed by atoms with Crippen molar-refractivity contribution in [1.29, 1.82) is 0 Å². The van der Waals surface area contributed by atoms with Crippen LogP contribution in [0.2, 0.25) is 0 Å². The van der Waals surface area contributed by atoms with Gasteiger partial charge in [-0.1, -0.05) is 48.5 Å². The first-order valence-electron chi connectivity index (χ1n) is 11.1. The van der Waals surface area contributed by atoms with Crippen molar-refractivity contribution in [3.63, 3.8) is 0 Å². The van der Waals surface area contributed by atoms with Crippen LogP contribution in [0.3, 0.4) is 0 Å². The number of nitrogens with zero attached hydrogens (tertiary/aromatic N) is 1. The highest BCUT2D eigenvalue weighted by Gasteiger charge is 2.49. The Morgan fingerprint density at radius 1 is 0.722 bits per heavy atom. The number of rotatable bonds is 9. The number of hydrogen-bond acceptors (Lipinski definition) is 5. The fourth-order valence-electron chi connectivity index (χ4n) is 4.50. The zero-order valence-corrected chi connectivity index (χ0v) is 22.7. The summed E-state index contributed by atoms with van der Waals surface area (Å²) in [5.41, 5.74) is 1.04. The summed E-state index contributed by atoms with van der Waals surface area (Å²) in [7, 11) is 2.19. The van der Waals surface area contributed by atoms with Gasteiger partial charge in [0.15, 0.2) is 16.8 Å². The molecule has 0 fully saturated rings. The predicted octanol–water partition coefficient (Wildman–Crippen LogP) is 2.12. The molecule has 36 heavy (non-hydrogen) atoms. The van der Waals surface area contributed by atoms with E-state index in [1.54, 1.807) is 33.5 Å². The molecule has 8 heteroatoms. The minimum atomic E-state index is -2.54. The average molecular weight is 568 g/mol. The summed E-state index contributed by atoms with van der Waals surface area (Å²) in [4.78, 5) is 11.9. The zero-order chi connectivity index (χ0) is 24.8. The van der Waals surface area contributed by atoms with Gasteiger partial charge in [0.2, 0.25) is 5.75 Å². The van der Waals surface area contributed by atoms with Crippen molar-refractivity contribution in [3.05, 3.63) is 113 Å². The Hall–Kier alpha value is -3.41. The maximum Gasteiger partial charge on any atom is 0.311 e. The third-order valence-electron chi connectivity index (χ3n) is 6.03. The molecule has 0 heterocycles. The fourth-order valence-corrected chi connectivity index (χ4v) is 8.87. The van der Waals surface area contributed by atoms with Gasteiger partial charge in [0.1, 0.15) is 17.9 Å². The molecule has 0 saturated carbocycles. The van der Waals surface area contributed by atoms with E-state index in [2.05, 4.69) is 24.3 Å². The summed E-state index contributed by atoms with van der Waals surface area (Å²) in [5.74, 6) is 1.60. The van der Waals surface area contributed by atoms with Crippen molar-refractivity contribution in [1.82, 2.24) is 0 Å². The minimum Gasteiger partial charge on any atom is -1.00 e. The van der Waals surface area contributed by atoms with Crippen LogP contribution in [0.5, 0.6) is 17.2 Å². The monoisotopic (exact) mass is 567 g/mol. The van der Waals surface area contributed by atoms with Crippen LogP contribution in [0, 0.1) is 10.1 Å². The Labute approximate surface area is 222 Å². The number of ether oxygens (including phenoxy) is 3. The van der Waals surface area contributed by atoms with E-state index in [4.69, 9.17) is 14.2 Å². The largest absolute Gasteiger partial charge is 1.00 e. The minimum absolute atomic E-state index is 0. The molecule has 0 aliphatic heterocycles. The van der Waals surface area contributed by atoms with Crippen LogP contribution in [-0.4, -0.2) is 26.3 Å². The normalized spacial score (nSPS) is 10.8. The summed E-state index contributed by atoms with van der Waals surface area (Å²) in [5, 5.41) is 15.1. The van der Waals surface area contributed by atoms with Gasteiger partial charge in [-0.25, -0.2) is 0 Å². The lowest BCUT2D eigenvalue weighted by Crippen LogP contribution is -3.00. The standard InChI is InChI=1S/C28H27NO5P.BrH/c1-32-25-18-21(19-26(33-2)28(25)34-3)20-35(22-12-6-4-7-13-22,23-14-8-5-9-15-23)27-17-11-10-16-24(27)29(30)31;/h4-19H,20H2,1-3H3;1H/q+1;/p-1. The molecule has 186 valence electrons. The third kappa shape index (κ3) is 5.08. The lowest BCUT2D eigenvalue weighted by Gasteiger charge is -2.28.